The monoisotopic (exact) mass is 377 g/mol. The van der Waals surface area contributed by atoms with Crippen molar-refractivity contribution in [2.24, 2.45) is 0 Å². The lowest BCUT2D eigenvalue weighted by Crippen LogP contribution is -2.31. The zero-order chi connectivity index (χ0) is 19.1. The minimum Gasteiger partial charge on any atom is -0.465 e. The van der Waals surface area contributed by atoms with Crippen LogP contribution in [0.4, 0.5) is 26.3 Å². The summed E-state index contributed by atoms with van der Waals surface area (Å²) in [5.74, 6) is -1.50. The highest BCUT2D eigenvalue weighted by Gasteiger charge is 2.38. The fraction of sp³-hybridized carbons (Fsp3) is 0.286. The zero-order valence-corrected chi connectivity index (χ0v) is 12.9. The van der Waals surface area contributed by atoms with Gasteiger partial charge in [-0.3, -0.25) is 9.38 Å². The van der Waals surface area contributed by atoms with E-state index in [0.29, 0.717) is 0 Å². The van der Waals surface area contributed by atoms with Gasteiger partial charge in [-0.1, -0.05) is 0 Å². The van der Waals surface area contributed by atoms with Crippen LogP contribution in [0, 0.1) is 0 Å². The third-order valence-electron chi connectivity index (χ3n) is 3.34. The summed E-state index contributed by atoms with van der Waals surface area (Å²) in [6.07, 6.45) is -8.01. The Labute approximate surface area is 141 Å². The fourth-order valence-corrected chi connectivity index (χ4v) is 1.99. The molecular formula is C14H9F6N5O. The average Bonchev–Trinajstić information content (AvgIpc) is 2.98. The lowest BCUT2D eigenvalue weighted by atomic mass is 10.2. The number of rotatable bonds is 3. The van der Waals surface area contributed by atoms with E-state index in [4.69, 9.17) is 0 Å². The fourth-order valence-electron chi connectivity index (χ4n) is 1.99. The third-order valence-corrected chi connectivity index (χ3v) is 3.34. The van der Waals surface area contributed by atoms with Gasteiger partial charge in [0.25, 0.3) is 0 Å². The van der Waals surface area contributed by atoms with Gasteiger partial charge in [-0.15, -0.1) is 10.2 Å². The number of aromatic nitrogens is 5. The van der Waals surface area contributed by atoms with Crippen molar-refractivity contribution in [3.63, 3.8) is 0 Å². The summed E-state index contributed by atoms with van der Waals surface area (Å²) in [4.78, 5) is 7.67. The molecule has 0 aliphatic rings. The summed E-state index contributed by atoms with van der Waals surface area (Å²) in [6.45, 7) is 0.829. The van der Waals surface area contributed by atoms with Gasteiger partial charge in [-0.05, 0) is 13.0 Å². The van der Waals surface area contributed by atoms with Gasteiger partial charge in [-0.2, -0.15) is 26.3 Å². The number of alkyl halides is 6. The topological polar surface area (TPSA) is 65.2 Å². The number of hydrogen-bond donors (Lipinski definition) is 0. The number of nitrogens with zero attached hydrogens (tertiary/aromatic N) is 5. The van der Waals surface area contributed by atoms with Gasteiger partial charge in [-0.25, -0.2) is 4.98 Å². The van der Waals surface area contributed by atoms with Crippen LogP contribution < -0.4 is 4.74 Å². The summed E-state index contributed by atoms with van der Waals surface area (Å²) in [7, 11) is 0. The standard InChI is InChI=1S/C14H9F6N5O/c1-7(13(15,16)17)26-11-3-2-8(4-22-11)9-6-25-10(5-21-9)23-24-12(25)14(18,19)20/h2-7H,1H3/t7-/m0/s1. The molecule has 3 aromatic heterocycles. The minimum atomic E-state index is -4.71. The molecule has 6 nitrogen and oxygen atoms in total. The van der Waals surface area contributed by atoms with Crippen LogP contribution in [0.5, 0.6) is 5.88 Å². The van der Waals surface area contributed by atoms with Gasteiger partial charge in [0.15, 0.2) is 11.8 Å². The van der Waals surface area contributed by atoms with E-state index in [1.807, 2.05) is 0 Å². The number of pyridine rings is 1. The Hall–Kier alpha value is -2.92. The summed E-state index contributed by atoms with van der Waals surface area (Å²) in [5, 5.41) is 6.45. The molecule has 3 heterocycles. The number of hydrogen-bond acceptors (Lipinski definition) is 5. The van der Waals surface area contributed by atoms with E-state index in [1.54, 1.807) is 0 Å². The molecule has 12 heteroatoms. The first kappa shape index (κ1) is 17.9. The van der Waals surface area contributed by atoms with Crippen LogP contribution >= 0.6 is 0 Å². The summed E-state index contributed by atoms with van der Waals surface area (Å²) in [6, 6.07) is 2.50. The molecule has 0 amide bonds. The van der Waals surface area contributed by atoms with Gasteiger partial charge >= 0.3 is 12.4 Å². The summed E-state index contributed by atoms with van der Waals surface area (Å²) in [5.41, 5.74) is 0.277. The van der Waals surface area contributed by atoms with E-state index in [1.165, 1.54) is 12.1 Å². The second-order valence-electron chi connectivity index (χ2n) is 5.21. The van der Waals surface area contributed by atoms with Gasteiger partial charge in [0.05, 0.1) is 11.9 Å². The molecule has 0 fully saturated rings. The van der Waals surface area contributed by atoms with Crippen LogP contribution in [0.2, 0.25) is 0 Å². The van der Waals surface area contributed by atoms with Crippen molar-refractivity contribution in [2.45, 2.75) is 25.4 Å². The maximum Gasteiger partial charge on any atom is 0.452 e. The van der Waals surface area contributed by atoms with Gasteiger partial charge in [0.2, 0.25) is 11.7 Å². The molecule has 3 aromatic rings. The number of fused-ring (bicyclic) bond motifs is 1. The predicted octanol–water partition coefficient (Wildman–Crippen LogP) is 3.53. The Morgan fingerprint density at radius 1 is 1.00 bits per heavy atom. The Morgan fingerprint density at radius 3 is 2.31 bits per heavy atom. The third kappa shape index (κ3) is 3.53. The lowest BCUT2D eigenvalue weighted by Gasteiger charge is -2.16. The van der Waals surface area contributed by atoms with Gasteiger partial charge in [0.1, 0.15) is 0 Å². The number of ether oxygens (including phenoxy) is 1. The first-order valence-electron chi connectivity index (χ1n) is 7.03. The molecule has 0 bridgehead atoms. The Bertz CT molecular complexity index is 918. The molecule has 138 valence electrons. The smallest absolute Gasteiger partial charge is 0.452 e. The van der Waals surface area contributed by atoms with Gasteiger partial charge < -0.3 is 4.74 Å². The molecule has 0 aromatic carbocycles. The number of halogens is 6. The quantitative estimate of drug-likeness (QED) is 0.654. The van der Waals surface area contributed by atoms with Crippen molar-refractivity contribution in [1.82, 2.24) is 24.6 Å². The highest BCUT2D eigenvalue weighted by molar-refractivity contribution is 5.59. The van der Waals surface area contributed by atoms with Crippen LogP contribution in [-0.2, 0) is 6.18 Å². The van der Waals surface area contributed by atoms with E-state index in [2.05, 4.69) is 24.9 Å². The first-order valence-corrected chi connectivity index (χ1v) is 7.03. The molecule has 0 radical (unpaired) electrons. The lowest BCUT2D eigenvalue weighted by molar-refractivity contribution is -0.189. The maximum absolute atomic E-state index is 12.9. The van der Waals surface area contributed by atoms with Crippen LogP contribution in [0.1, 0.15) is 12.7 Å². The van der Waals surface area contributed by atoms with Crippen molar-refractivity contribution in [3.05, 3.63) is 36.5 Å². The Kier molecular flexibility index (Phi) is 4.20. The zero-order valence-electron chi connectivity index (χ0n) is 12.9. The van der Waals surface area contributed by atoms with Crippen molar-refractivity contribution in [1.29, 1.82) is 0 Å². The van der Waals surface area contributed by atoms with E-state index in [-0.39, 0.29) is 22.8 Å². The molecule has 0 spiro atoms. The molecule has 3 rings (SSSR count). The summed E-state index contributed by atoms with van der Waals surface area (Å²) >= 11 is 0. The van der Waals surface area contributed by atoms with Crippen LogP contribution in [0.15, 0.2) is 30.7 Å². The molecule has 0 aliphatic carbocycles. The molecule has 0 saturated carbocycles. The molecule has 0 unspecified atom stereocenters. The molecule has 0 N–H and O–H groups in total. The second-order valence-corrected chi connectivity index (χ2v) is 5.21. The highest BCUT2D eigenvalue weighted by atomic mass is 19.4. The second kappa shape index (κ2) is 6.11. The van der Waals surface area contributed by atoms with Crippen LogP contribution in [0.25, 0.3) is 16.9 Å². The van der Waals surface area contributed by atoms with E-state index in [9.17, 15) is 26.3 Å². The molecule has 26 heavy (non-hydrogen) atoms. The molecule has 0 aliphatic heterocycles. The molecule has 0 saturated heterocycles. The van der Waals surface area contributed by atoms with Crippen LogP contribution in [-0.4, -0.2) is 36.8 Å². The first-order chi connectivity index (χ1) is 12.1. The van der Waals surface area contributed by atoms with Crippen molar-refractivity contribution in [2.75, 3.05) is 0 Å². The minimum absolute atomic E-state index is 0.103. The highest BCUT2D eigenvalue weighted by Crippen LogP contribution is 2.29. The predicted molar refractivity (Wildman–Crippen MR) is 75.2 cm³/mol. The van der Waals surface area contributed by atoms with E-state index >= 15 is 0 Å². The van der Waals surface area contributed by atoms with Crippen molar-refractivity contribution < 1.29 is 31.1 Å². The van der Waals surface area contributed by atoms with E-state index < -0.39 is 24.3 Å². The molecule has 1 atom stereocenters. The summed E-state index contributed by atoms with van der Waals surface area (Å²) < 4.78 is 81.4. The van der Waals surface area contributed by atoms with Crippen molar-refractivity contribution in [3.8, 4) is 17.1 Å². The SMILES string of the molecule is C[C@H](Oc1ccc(-c2cn3c(C(F)(F)F)nnc3cn2)cn1)C(F)(F)F. The van der Waals surface area contributed by atoms with Crippen LogP contribution in [0.3, 0.4) is 0 Å². The van der Waals surface area contributed by atoms with E-state index in [0.717, 1.165) is 29.9 Å². The normalized spacial score (nSPS) is 13.8. The Balaban J connectivity index is 1.90. The average molecular weight is 377 g/mol. The van der Waals surface area contributed by atoms with Crippen molar-refractivity contribution >= 4 is 5.65 Å². The van der Waals surface area contributed by atoms with Gasteiger partial charge in [0, 0.05) is 24.0 Å². The maximum atomic E-state index is 12.9. The molecular weight excluding hydrogens is 368 g/mol. The largest absolute Gasteiger partial charge is 0.465 e. The Morgan fingerprint density at radius 2 is 1.73 bits per heavy atom.